The number of carbonyl (C=O) groups is 2. The highest BCUT2D eigenvalue weighted by molar-refractivity contribution is 7.92. The summed E-state index contributed by atoms with van der Waals surface area (Å²) in [5.74, 6) is -1.46. The molecule has 2 fully saturated rings. The average molecular weight is 798 g/mol. The summed E-state index contributed by atoms with van der Waals surface area (Å²) in [4.78, 5) is 51.7. The number of fused-ring (bicyclic) bond motifs is 3. The summed E-state index contributed by atoms with van der Waals surface area (Å²) in [5.41, 5.74) is -2.07. The molecule has 2 aromatic carbocycles. The number of anilines is 1. The van der Waals surface area contributed by atoms with Gasteiger partial charge in [0.1, 0.15) is 17.9 Å². The number of benzene rings is 2. The van der Waals surface area contributed by atoms with Gasteiger partial charge in [0.15, 0.2) is 21.4 Å². The number of alkyl halides is 3. The van der Waals surface area contributed by atoms with Crippen LogP contribution in [-0.4, -0.2) is 72.7 Å². The number of piperidine rings is 1. The van der Waals surface area contributed by atoms with E-state index in [1.165, 1.54) is 52.1 Å². The van der Waals surface area contributed by atoms with Gasteiger partial charge in [0.25, 0.3) is 11.5 Å². The molecule has 1 aliphatic carbocycles. The molecule has 19 heteroatoms. The molecule has 55 heavy (non-hydrogen) atoms. The molecule has 1 saturated heterocycles. The second-order valence-corrected chi connectivity index (χ2v) is 16.4. The Morgan fingerprint density at radius 1 is 1.09 bits per heavy atom. The molecule has 5 heterocycles. The molecule has 2 amide bonds. The van der Waals surface area contributed by atoms with Gasteiger partial charge >= 0.3 is 6.18 Å². The second kappa shape index (κ2) is 13.2. The minimum absolute atomic E-state index is 0.0483. The van der Waals surface area contributed by atoms with Crippen LogP contribution in [0.1, 0.15) is 66.0 Å². The van der Waals surface area contributed by atoms with E-state index in [-0.39, 0.29) is 70.1 Å². The topological polar surface area (TPSA) is 178 Å². The fourth-order valence-corrected chi connectivity index (χ4v) is 9.18. The van der Waals surface area contributed by atoms with Crippen molar-refractivity contribution in [2.24, 2.45) is 0 Å². The van der Waals surface area contributed by atoms with Crippen molar-refractivity contribution in [1.29, 1.82) is 0 Å². The van der Waals surface area contributed by atoms with Crippen molar-refractivity contribution < 1.29 is 41.0 Å². The molecule has 3 aliphatic rings. The van der Waals surface area contributed by atoms with Gasteiger partial charge in [-0.25, -0.2) is 13.4 Å². The van der Waals surface area contributed by atoms with Crippen molar-refractivity contribution in [3.63, 3.8) is 0 Å². The Hall–Kier alpha value is -5.33. The summed E-state index contributed by atoms with van der Waals surface area (Å²) in [6.45, 7) is 1.46. The van der Waals surface area contributed by atoms with Gasteiger partial charge in [0.2, 0.25) is 11.7 Å². The van der Waals surface area contributed by atoms with Crippen LogP contribution < -0.4 is 10.9 Å². The zero-order valence-corrected chi connectivity index (χ0v) is 30.5. The van der Waals surface area contributed by atoms with E-state index < -0.39 is 62.5 Å². The third-order valence-corrected chi connectivity index (χ3v) is 12.7. The number of likely N-dealkylation sites (tertiary alicyclic amines) is 1. The number of carbonyl (C=O) groups excluding carboxylic acids is 2. The molecular weight excluding hydrogens is 767 g/mol. The first-order valence-electron chi connectivity index (χ1n) is 17.2. The summed E-state index contributed by atoms with van der Waals surface area (Å²) >= 11 is 6.13. The summed E-state index contributed by atoms with van der Waals surface area (Å²) < 4.78 is 74.4. The van der Waals surface area contributed by atoms with Crippen LogP contribution in [-0.2, 0) is 37.7 Å². The Morgan fingerprint density at radius 2 is 1.80 bits per heavy atom. The lowest BCUT2D eigenvalue weighted by atomic mass is 9.85. The summed E-state index contributed by atoms with van der Waals surface area (Å²) in [5, 5.41) is 16.5. The number of rotatable bonds is 7. The predicted octanol–water partition coefficient (Wildman–Crippen LogP) is 5.13. The van der Waals surface area contributed by atoms with Gasteiger partial charge in [0, 0.05) is 24.8 Å². The SMILES string of the molecule is C[C@H]1OC2(CCN(C(=O)c3ncccc3O)CC2)c2c1n(CC(=O)Nc1ccc(C(F)(F)F)cc1Cl)c1nc(-c3ccc(S(=O)(=O)C4CC4)cc3)nn1c2=O. The number of nitrogens with one attached hydrogen (secondary N) is 1. The summed E-state index contributed by atoms with van der Waals surface area (Å²) in [6.07, 6.45) is -2.51. The van der Waals surface area contributed by atoms with E-state index >= 15 is 0 Å². The first-order valence-corrected chi connectivity index (χ1v) is 19.2. The minimum Gasteiger partial charge on any atom is -0.505 e. The van der Waals surface area contributed by atoms with Crippen LogP contribution in [0.15, 0.2) is 70.5 Å². The third kappa shape index (κ3) is 6.40. The molecule has 0 radical (unpaired) electrons. The second-order valence-electron chi connectivity index (χ2n) is 13.7. The Morgan fingerprint density at radius 3 is 2.44 bits per heavy atom. The Balaban J connectivity index is 1.18. The highest BCUT2D eigenvalue weighted by Gasteiger charge is 2.51. The van der Waals surface area contributed by atoms with E-state index in [1.807, 2.05) is 0 Å². The largest absolute Gasteiger partial charge is 0.505 e. The number of aromatic nitrogens is 5. The molecule has 5 aromatic rings. The molecule has 14 nitrogen and oxygen atoms in total. The van der Waals surface area contributed by atoms with E-state index in [1.54, 1.807) is 6.92 Å². The smallest absolute Gasteiger partial charge is 0.416 e. The number of aromatic hydroxyl groups is 1. The van der Waals surface area contributed by atoms with Crippen LogP contribution in [0.2, 0.25) is 5.02 Å². The number of nitrogens with zero attached hydrogens (tertiary/aromatic N) is 6. The molecule has 1 saturated carbocycles. The number of hydrogen-bond donors (Lipinski definition) is 2. The third-order valence-electron chi connectivity index (χ3n) is 10.2. The van der Waals surface area contributed by atoms with E-state index in [9.17, 15) is 41.1 Å². The molecule has 0 bridgehead atoms. The summed E-state index contributed by atoms with van der Waals surface area (Å²) in [6, 6.07) is 11.3. The maximum absolute atomic E-state index is 14.5. The molecule has 1 spiro atoms. The Labute approximate surface area is 315 Å². The van der Waals surface area contributed by atoms with E-state index in [0.29, 0.717) is 30.2 Å². The van der Waals surface area contributed by atoms with E-state index in [0.717, 1.165) is 16.6 Å². The first kappa shape index (κ1) is 36.6. The molecule has 3 aromatic heterocycles. The molecule has 286 valence electrons. The first-order chi connectivity index (χ1) is 26.1. The van der Waals surface area contributed by atoms with Gasteiger partial charge in [-0.1, -0.05) is 11.6 Å². The van der Waals surface area contributed by atoms with Gasteiger partial charge in [0.05, 0.1) is 43.8 Å². The van der Waals surface area contributed by atoms with Gasteiger partial charge in [-0.3, -0.25) is 14.4 Å². The number of sulfone groups is 1. The zero-order valence-electron chi connectivity index (χ0n) is 28.9. The number of amides is 2. The van der Waals surface area contributed by atoms with E-state index in [4.69, 9.17) is 16.3 Å². The minimum atomic E-state index is -4.65. The molecule has 0 unspecified atom stereocenters. The van der Waals surface area contributed by atoms with E-state index in [2.05, 4.69) is 20.4 Å². The lowest BCUT2D eigenvalue weighted by Gasteiger charge is -2.39. The Kier molecular flexibility index (Phi) is 8.77. The molecular formula is C36H31ClF3N7O7S. The van der Waals surface area contributed by atoms with Crippen LogP contribution in [0.5, 0.6) is 5.75 Å². The van der Waals surface area contributed by atoms with Crippen LogP contribution in [0, 0.1) is 0 Å². The van der Waals surface area contributed by atoms with Gasteiger partial charge in [-0.15, -0.1) is 5.10 Å². The average Bonchev–Trinajstić information content (AvgIpc) is 3.86. The fourth-order valence-electron chi connectivity index (χ4n) is 7.30. The number of pyridine rings is 1. The van der Waals surface area contributed by atoms with Crippen LogP contribution in [0.25, 0.3) is 17.2 Å². The number of ether oxygens (including phenoxy) is 1. The van der Waals surface area contributed by atoms with Gasteiger partial charge < -0.3 is 24.6 Å². The fraction of sp³-hybridized carbons (Fsp3) is 0.333. The molecule has 1 atom stereocenters. The van der Waals surface area contributed by atoms with Gasteiger partial charge in [-0.05, 0) is 87.2 Å². The van der Waals surface area contributed by atoms with Crippen molar-refractivity contribution >= 4 is 44.7 Å². The standard InChI is InChI=1S/C36H31ClF3N7O7S/c1-19-30-28(35(54-19)12-15-45(16-13-35)33(51)29-26(48)3-2-14-41-29)32(50)47-34(43-31(44-47)20-4-7-22(8-5-20)55(52,53)23-9-10-23)46(30)18-27(49)42-25-11-6-21(17-24(25)37)36(38,39)40/h2-8,11,14,17,19,23,48H,9-10,12-13,15-16,18H2,1H3,(H,42,49)/t19-/m1/s1. The summed E-state index contributed by atoms with van der Waals surface area (Å²) in [7, 11) is -3.48. The van der Waals surface area contributed by atoms with Crippen LogP contribution in [0.4, 0.5) is 18.9 Å². The van der Waals surface area contributed by atoms with Crippen LogP contribution in [0.3, 0.4) is 0 Å². The van der Waals surface area contributed by atoms with Crippen LogP contribution >= 0.6 is 11.6 Å². The lowest BCUT2D eigenvalue weighted by Crippen LogP contribution is -2.47. The maximum atomic E-state index is 14.5. The van der Waals surface area contributed by atoms with Crippen molar-refractivity contribution in [3.8, 4) is 17.1 Å². The molecule has 2 aliphatic heterocycles. The monoisotopic (exact) mass is 797 g/mol. The predicted molar refractivity (Wildman–Crippen MR) is 190 cm³/mol. The highest BCUT2D eigenvalue weighted by Crippen LogP contribution is 2.48. The van der Waals surface area contributed by atoms with Crippen molar-refractivity contribution in [3.05, 3.63) is 98.7 Å². The number of hydrogen-bond acceptors (Lipinski definition) is 10. The normalized spacial score (nSPS) is 18.1. The number of halogens is 4. The highest BCUT2D eigenvalue weighted by atomic mass is 35.5. The lowest BCUT2D eigenvalue weighted by molar-refractivity contribution is -0.137. The van der Waals surface area contributed by atoms with Crippen molar-refractivity contribution in [2.45, 2.75) is 67.2 Å². The quantitative estimate of drug-likeness (QED) is 0.225. The van der Waals surface area contributed by atoms with Crippen molar-refractivity contribution in [1.82, 2.24) is 29.0 Å². The van der Waals surface area contributed by atoms with Crippen molar-refractivity contribution in [2.75, 3.05) is 18.4 Å². The molecule has 8 rings (SSSR count). The zero-order chi connectivity index (χ0) is 39.0. The maximum Gasteiger partial charge on any atom is 0.416 e. The Bertz CT molecular complexity index is 2570. The van der Waals surface area contributed by atoms with Gasteiger partial charge in [-0.2, -0.15) is 22.7 Å². The molecule has 2 N–H and O–H groups in total.